The average Bonchev–Trinajstić information content (AvgIpc) is 1.77. The van der Waals surface area contributed by atoms with Gasteiger partial charge in [-0.15, -0.1) is 11.8 Å². The van der Waals surface area contributed by atoms with Crippen LogP contribution in [0.25, 0.3) is 0 Å². The fraction of sp³-hybridized carbons (Fsp3) is 0.500. The zero-order valence-corrected chi connectivity index (χ0v) is 5.96. The molecule has 0 amide bonds. The number of rotatable bonds is 0. The second-order valence-electron chi connectivity index (χ2n) is 1.91. The lowest BCUT2D eigenvalue weighted by atomic mass is 10.3. The van der Waals surface area contributed by atoms with E-state index in [0.717, 1.165) is 5.75 Å². The van der Waals surface area contributed by atoms with E-state index in [1.807, 2.05) is 12.5 Å². The number of aliphatic imine (C=N–C) groups is 1. The summed E-state index contributed by atoms with van der Waals surface area (Å²) in [7, 11) is 0. The predicted molar refractivity (Wildman–Crippen MR) is 39.3 cm³/mol. The van der Waals surface area contributed by atoms with Gasteiger partial charge in [0.25, 0.3) is 0 Å². The van der Waals surface area contributed by atoms with Crippen LogP contribution in [-0.2, 0) is 0 Å². The van der Waals surface area contributed by atoms with E-state index in [9.17, 15) is 0 Å². The summed E-state index contributed by atoms with van der Waals surface area (Å²) in [6, 6.07) is 0. The van der Waals surface area contributed by atoms with Crippen molar-refractivity contribution in [3.63, 3.8) is 0 Å². The lowest BCUT2D eigenvalue weighted by Crippen LogP contribution is -1.90. The molecular formula is C6H9NS. The summed E-state index contributed by atoms with van der Waals surface area (Å²) >= 11 is 1.76. The lowest BCUT2D eigenvalue weighted by molar-refractivity contribution is 1.20. The summed E-state index contributed by atoms with van der Waals surface area (Å²) < 4.78 is 0. The van der Waals surface area contributed by atoms with E-state index in [2.05, 4.69) is 11.9 Å². The largest absolute Gasteiger partial charge is 0.255 e. The number of allylic oxidation sites excluding steroid dienone is 1. The maximum absolute atomic E-state index is 4.13. The SMILES string of the molecule is CC1=C(C)N=CSC1. The molecule has 0 aromatic heterocycles. The first kappa shape index (κ1) is 5.89. The molecule has 1 nitrogen and oxygen atoms in total. The minimum absolute atomic E-state index is 1.12. The fourth-order valence-corrected chi connectivity index (χ4v) is 1.26. The molecule has 0 N–H and O–H groups in total. The van der Waals surface area contributed by atoms with Gasteiger partial charge >= 0.3 is 0 Å². The van der Waals surface area contributed by atoms with Crippen LogP contribution in [0.2, 0.25) is 0 Å². The Morgan fingerprint density at radius 2 is 2.38 bits per heavy atom. The smallest absolute Gasteiger partial charge is 0.0603 e. The third-order valence-corrected chi connectivity index (χ3v) is 2.09. The van der Waals surface area contributed by atoms with Crippen LogP contribution in [0.4, 0.5) is 0 Å². The van der Waals surface area contributed by atoms with Gasteiger partial charge in [0.05, 0.1) is 5.55 Å². The highest BCUT2D eigenvalue weighted by atomic mass is 32.2. The van der Waals surface area contributed by atoms with Crippen molar-refractivity contribution in [2.45, 2.75) is 13.8 Å². The molecule has 0 unspecified atom stereocenters. The molecule has 0 saturated carbocycles. The van der Waals surface area contributed by atoms with Gasteiger partial charge in [-0.3, -0.25) is 4.99 Å². The maximum atomic E-state index is 4.13. The average molecular weight is 127 g/mol. The van der Waals surface area contributed by atoms with E-state index in [4.69, 9.17) is 0 Å². The second-order valence-corrected chi connectivity index (χ2v) is 2.74. The van der Waals surface area contributed by atoms with Crippen molar-refractivity contribution >= 4 is 17.3 Å². The number of hydrogen-bond acceptors (Lipinski definition) is 2. The van der Waals surface area contributed by atoms with E-state index in [1.165, 1.54) is 11.3 Å². The Balaban J connectivity index is 2.76. The number of nitrogens with zero attached hydrogens (tertiary/aromatic N) is 1. The quantitative estimate of drug-likeness (QED) is 0.485. The highest BCUT2D eigenvalue weighted by Crippen LogP contribution is 2.15. The molecule has 1 aliphatic rings. The Morgan fingerprint density at radius 3 is 2.75 bits per heavy atom. The summed E-state index contributed by atoms with van der Waals surface area (Å²) in [5.74, 6) is 1.12. The van der Waals surface area contributed by atoms with Gasteiger partial charge in [-0.05, 0) is 19.4 Å². The highest BCUT2D eigenvalue weighted by molar-refractivity contribution is 8.12. The third-order valence-electron chi connectivity index (χ3n) is 1.24. The summed E-state index contributed by atoms with van der Waals surface area (Å²) in [5.41, 5.74) is 4.49. The van der Waals surface area contributed by atoms with Gasteiger partial charge in [0.15, 0.2) is 0 Å². The van der Waals surface area contributed by atoms with Gasteiger partial charge in [-0.2, -0.15) is 0 Å². The van der Waals surface area contributed by atoms with Crippen molar-refractivity contribution < 1.29 is 0 Å². The topological polar surface area (TPSA) is 12.4 Å². The zero-order chi connectivity index (χ0) is 5.98. The van der Waals surface area contributed by atoms with Crippen molar-refractivity contribution in [1.82, 2.24) is 0 Å². The van der Waals surface area contributed by atoms with E-state index in [-0.39, 0.29) is 0 Å². The molecule has 0 fully saturated rings. The van der Waals surface area contributed by atoms with E-state index in [0.29, 0.717) is 0 Å². The zero-order valence-electron chi connectivity index (χ0n) is 5.14. The predicted octanol–water partition coefficient (Wildman–Crippen LogP) is 2.06. The van der Waals surface area contributed by atoms with E-state index < -0.39 is 0 Å². The van der Waals surface area contributed by atoms with E-state index >= 15 is 0 Å². The second kappa shape index (κ2) is 2.35. The molecule has 0 saturated heterocycles. The van der Waals surface area contributed by atoms with Crippen LogP contribution in [0.15, 0.2) is 16.3 Å². The maximum Gasteiger partial charge on any atom is 0.0603 e. The summed E-state index contributed by atoms with van der Waals surface area (Å²) in [5, 5.41) is 0. The molecule has 0 atom stereocenters. The standard InChI is InChI=1S/C6H9NS/c1-5-3-8-4-7-6(5)2/h4H,3H2,1-2H3. The van der Waals surface area contributed by atoms with Crippen LogP contribution in [0.1, 0.15) is 13.8 Å². The van der Waals surface area contributed by atoms with Crippen LogP contribution < -0.4 is 0 Å². The van der Waals surface area contributed by atoms with Crippen LogP contribution in [0.3, 0.4) is 0 Å². The minimum Gasteiger partial charge on any atom is -0.255 e. The molecule has 0 aromatic carbocycles. The van der Waals surface area contributed by atoms with E-state index in [1.54, 1.807) is 11.8 Å². The molecule has 44 valence electrons. The molecule has 2 heteroatoms. The molecule has 8 heavy (non-hydrogen) atoms. The van der Waals surface area contributed by atoms with Gasteiger partial charge in [0.2, 0.25) is 0 Å². The van der Waals surface area contributed by atoms with Gasteiger partial charge in [0.1, 0.15) is 0 Å². The van der Waals surface area contributed by atoms with Crippen LogP contribution in [0.5, 0.6) is 0 Å². The fourth-order valence-electron chi connectivity index (χ4n) is 0.493. The Hall–Kier alpha value is -0.240. The normalized spacial score (nSPS) is 19.8. The van der Waals surface area contributed by atoms with Crippen LogP contribution >= 0.6 is 11.8 Å². The molecule has 0 spiro atoms. The first-order valence-corrected chi connectivity index (χ1v) is 3.66. The van der Waals surface area contributed by atoms with Gasteiger partial charge < -0.3 is 0 Å². The monoisotopic (exact) mass is 127 g/mol. The minimum atomic E-state index is 1.12. The first-order valence-electron chi connectivity index (χ1n) is 2.61. The summed E-state index contributed by atoms with van der Waals surface area (Å²) in [4.78, 5) is 4.13. The summed E-state index contributed by atoms with van der Waals surface area (Å²) in [6.45, 7) is 4.17. The van der Waals surface area contributed by atoms with Gasteiger partial charge in [-0.1, -0.05) is 0 Å². The Kier molecular flexibility index (Phi) is 1.73. The van der Waals surface area contributed by atoms with Crippen molar-refractivity contribution in [3.05, 3.63) is 11.3 Å². The number of hydrogen-bond donors (Lipinski definition) is 0. The Bertz CT molecular complexity index is 147. The first-order chi connectivity index (χ1) is 3.80. The molecule has 1 heterocycles. The summed E-state index contributed by atoms with van der Waals surface area (Å²) in [6.07, 6.45) is 0. The Morgan fingerprint density at radius 1 is 1.62 bits per heavy atom. The molecule has 0 aliphatic carbocycles. The molecule has 0 radical (unpaired) electrons. The van der Waals surface area contributed by atoms with Gasteiger partial charge in [0, 0.05) is 11.4 Å². The molecule has 1 aliphatic heterocycles. The molecule has 0 aromatic rings. The molecule has 1 rings (SSSR count). The van der Waals surface area contributed by atoms with Crippen molar-refractivity contribution in [2.75, 3.05) is 5.75 Å². The Labute approximate surface area is 53.9 Å². The van der Waals surface area contributed by atoms with Crippen molar-refractivity contribution in [1.29, 1.82) is 0 Å². The third kappa shape index (κ3) is 1.13. The van der Waals surface area contributed by atoms with Crippen LogP contribution in [0, 0.1) is 0 Å². The number of thioether (sulfide) groups is 1. The van der Waals surface area contributed by atoms with Crippen LogP contribution in [-0.4, -0.2) is 11.3 Å². The molecular weight excluding hydrogens is 118 g/mol. The van der Waals surface area contributed by atoms with Crippen molar-refractivity contribution in [3.8, 4) is 0 Å². The van der Waals surface area contributed by atoms with Gasteiger partial charge in [-0.25, -0.2) is 0 Å². The van der Waals surface area contributed by atoms with Crippen molar-refractivity contribution in [2.24, 2.45) is 4.99 Å². The highest BCUT2D eigenvalue weighted by Gasteiger charge is 1.98. The lowest BCUT2D eigenvalue weighted by Gasteiger charge is -2.04. The molecule has 0 bridgehead atoms.